The highest BCUT2D eigenvalue weighted by Gasteiger charge is 2.32. The minimum atomic E-state index is 0.317. The molecule has 0 saturated carbocycles. The van der Waals surface area contributed by atoms with E-state index in [2.05, 4.69) is 19.2 Å². The normalized spacial score (nSPS) is 21.4. The monoisotopic (exact) mass is 263 g/mol. The van der Waals surface area contributed by atoms with E-state index in [0.29, 0.717) is 11.5 Å². The Balaban J connectivity index is 2.57. The number of ether oxygens (including phenoxy) is 2. The Morgan fingerprint density at radius 2 is 1.79 bits per heavy atom. The van der Waals surface area contributed by atoms with Crippen LogP contribution < -0.4 is 14.8 Å². The van der Waals surface area contributed by atoms with E-state index in [-0.39, 0.29) is 0 Å². The summed E-state index contributed by atoms with van der Waals surface area (Å²) in [6.45, 7) is 4.67. The van der Waals surface area contributed by atoms with Gasteiger partial charge in [0.05, 0.1) is 14.2 Å². The molecule has 0 radical (unpaired) electrons. The second-order valence-corrected chi connectivity index (χ2v) is 6.07. The minimum absolute atomic E-state index is 0.317. The van der Waals surface area contributed by atoms with Gasteiger partial charge in [-0.15, -0.1) is 0 Å². The van der Waals surface area contributed by atoms with Crippen molar-refractivity contribution in [2.45, 2.75) is 39.2 Å². The van der Waals surface area contributed by atoms with E-state index >= 15 is 0 Å². The summed E-state index contributed by atoms with van der Waals surface area (Å²) in [6.07, 6.45) is 3.32. The molecule has 1 aromatic rings. The van der Waals surface area contributed by atoms with Gasteiger partial charge < -0.3 is 14.8 Å². The van der Waals surface area contributed by atoms with Crippen LogP contribution in [0.15, 0.2) is 12.1 Å². The molecule has 19 heavy (non-hydrogen) atoms. The van der Waals surface area contributed by atoms with Gasteiger partial charge in [-0.25, -0.2) is 0 Å². The van der Waals surface area contributed by atoms with Gasteiger partial charge >= 0.3 is 0 Å². The van der Waals surface area contributed by atoms with Gasteiger partial charge in [0, 0.05) is 17.2 Å². The van der Waals surface area contributed by atoms with Gasteiger partial charge in [-0.1, -0.05) is 13.8 Å². The highest BCUT2D eigenvalue weighted by molar-refractivity contribution is 5.51. The predicted octanol–water partition coefficient (Wildman–Crippen LogP) is 3.33. The van der Waals surface area contributed by atoms with Crippen LogP contribution in [0.2, 0.25) is 0 Å². The van der Waals surface area contributed by atoms with Crippen molar-refractivity contribution < 1.29 is 9.47 Å². The van der Waals surface area contributed by atoms with E-state index < -0.39 is 0 Å². The third kappa shape index (κ3) is 2.71. The van der Waals surface area contributed by atoms with Crippen molar-refractivity contribution in [2.24, 2.45) is 5.41 Å². The number of hydrogen-bond donors (Lipinski definition) is 1. The van der Waals surface area contributed by atoms with Crippen molar-refractivity contribution in [2.75, 3.05) is 21.3 Å². The Labute approximate surface area is 116 Å². The Kier molecular flexibility index (Phi) is 4.04. The van der Waals surface area contributed by atoms with E-state index in [1.165, 1.54) is 17.5 Å². The number of hydrogen-bond acceptors (Lipinski definition) is 3. The molecule has 2 rings (SSSR count). The van der Waals surface area contributed by atoms with Gasteiger partial charge in [0.1, 0.15) is 11.5 Å². The summed E-state index contributed by atoms with van der Waals surface area (Å²) in [6, 6.07) is 4.35. The van der Waals surface area contributed by atoms with Crippen molar-refractivity contribution in [3.05, 3.63) is 23.3 Å². The van der Waals surface area contributed by atoms with Crippen LogP contribution in [0, 0.1) is 5.41 Å². The van der Waals surface area contributed by atoms with E-state index in [1.54, 1.807) is 14.2 Å². The Morgan fingerprint density at radius 1 is 1.16 bits per heavy atom. The largest absolute Gasteiger partial charge is 0.496 e. The zero-order valence-corrected chi connectivity index (χ0v) is 12.7. The lowest BCUT2D eigenvalue weighted by Crippen LogP contribution is -2.23. The molecule has 0 bridgehead atoms. The van der Waals surface area contributed by atoms with Crippen molar-refractivity contribution in [1.29, 1.82) is 0 Å². The second-order valence-electron chi connectivity index (χ2n) is 6.07. The van der Waals surface area contributed by atoms with Crippen molar-refractivity contribution in [3.63, 3.8) is 0 Å². The standard InChI is InChI=1S/C16H25NO2/c1-16(2)9-8-11-13(18-4)6-7-14(19-5)15(11)12(10-16)17-3/h6-7,12,17H,8-10H2,1-5H3. The third-order valence-corrected chi connectivity index (χ3v) is 4.22. The fourth-order valence-corrected chi connectivity index (χ4v) is 3.10. The zero-order chi connectivity index (χ0) is 14.0. The number of nitrogens with one attached hydrogen (secondary N) is 1. The highest BCUT2D eigenvalue weighted by Crippen LogP contribution is 2.45. The van der Waals surface area contributed by atoms with E-state index in [4.69, 9.17) is 9.47 Å². The number of methoxy groups -OCH3 is 2. The van der Waals surface area contributed by atoms with Crippen LogP contribution >= 0.6 is 0 Å². The maximum atomic E-state index is 5.57. The summed E-state index contributed by atoms with van der Waals surface area (Å²) >= 11 is 0. The fourth-order valence-electron chi connectivity index (χ4n) is 3.10. The smallest absolute Gasteiger partial charge is 0.124 e. The first-order valence-corrected chi connectivity index (χ1v) is 6.93. The van der Waals surface area contributed by atoms with Crippen molar-refractivity contribution in [3.8, 4) is 11.5 Å². The zero-order valence-electron chi connectivity index (χ0n) is 12.7. The highest BCUT2D eigenvalue weighted by atomic mass is 16.5. The number of rotatable bonds is 3. The molecule has 3 nitrogen and oxygen atoms in total. The first kappa shape index (κ1) is 14.2. The number of fused-ring (bicyclic) bond motifs is 1. The van der Waals surface area contributed by atoms with Crippen LogP contribution in [-0.2, 0) is 6.42 Å². The molecule has 1 aliphatic carbocycles. The SMILES string of the molecule is CNC1CC(C)(C)CCc2c(OC)ccc(OC)c21. The van der Waals surface area contributed by atoms with Crippen LogP contribution in [0.4, 0.5) is 0 Å². The molecule has 1 aliphatic rings. The molecule has 0 aliphatic heterocycles. The third-order valence-electron chi connectivity index (χ3n) is 4.22. The molecule has 0 amide bonds. The fraction of sp³-hybridized carbons (Fsp3) is 0.625. The maximum Gasteiger partial charge on any atom is 0.124 e. The summed E-state index contributed by atoms with van der Waals surface area (Å²) in [7, 11) is 5.51. The van der Waals surface area contributed by atoms with Gasteiger partial charge in [-0.3, -0.25) is 0 Å². The second kappa shape index (κ2) is 5.41. The molecular weight excluding hydrogens is 238 g/mol. The van der Waals surface area contributed by atoms with Crippen LogP contribution in [0.25, 0.3) is 0 Å². The molecule has 0 aromatic heterocycles. The van der Waals surface area contributed by atoms with Gasteiger partial charge in [-0.2, -0.15) is 0 Å². The summed E-state index contributed by atoms with van der Waals surface area (Å²) in [5.41, 5.74) is 2.89. The molecular formula is C16H25NO2. The van der Waals surface area contributed by atoms with Crippen LogP contribution in [-0.4, -0.2) is 21.3 Å². The average Bonchev–Trinajstić information content (AvgIpc) is 2.54. The van der Waals surface area contributed by atoms with Gasteiger partial charge in [0.25, 0.3) is 0 Å². The predicted molar refractivity (Wildman–Crippen MR) is 78.1 cm³/mol. The topological polar surface area (TPSA) is 30.5 Å². The first-order chi connectivity index (χ1) is 9.02. The van der Waals surface area contributed by atoms with Gasteiger partial charge in [0.2, 0.25) is 0 Å². The molecule has 0 heterocycles. The van der Waals surface area contributed by atoms with Crippen LogP contribution in [0.5, 0.6) is 11.5 Å². The van der Waals surface area contributed by atoms with Crippen molar-refractivity contribution in [1.82, 2.24) is 5.32 Å². The van der Waals surface area contributed by atoms with Crippen LogP contribution in [0.1, 0.15) is 43.9 Å². The molecule has 3 heteroatoms. The molecule has 0 spiro atoms. The van der Waals surface area contributed by atoms with Crippen LogP contribution in [0.3, 0.4) is 0 Å². The summed E-state index contributed by atoms with van der Waals surface area (Å²) < 4.78 is 11.1. The summed E-state index contributed by atoms with van der Waals surface area (Å²) in [4.78, 5) is 0. The molecule has 0 fully saturated rings. The van der Waals surface area contributed by atoms with Gasteiger partial charge in [-0.05, 0) is 43.9 Å². The summed E-state index contributed by atoms with van der Waals surface area (Å²) in [5.74, 6) is 1.95. The molecule has 1 aromatic carbocycles. The molecule has 1 atom stereocenters. The Hall–Kier alpha value is -1.22. The van der Waals surface area contributed by atoms with Crippen molar-refractivity contribution >= 4 is 0 Å². The lowest BCUT2D eigenvalue weighted by molar-refractivity contribution is 0.276. The lowest BCUT2D eigenvalue weighted by Gasteiger charge is -2.27. The van der Waals surface area contributed by atoms with E-state index in [9.17, 15) is 0 Å². The lowest BCUT2D eigenvalue weighted by atomic mass is 9.83. The van der Waals surface area contributed by atoms with E-state index in [0.717, 1.165) is 24.3 Å². The Morgan fingerprint density at radius 3 is 2.37 bits per heavy atom. The molecule has 1 N–H and O–H groups in total. The minimum Gasteiger partial charge on any atom is -0.496 e. The Bertz CT molecular complexity index is 454. The molecule has 1 unspecified atom stereocenters. The molecule has 0 saturated heterocycles. The maximum absolute atomic E-state index is 5.57. The van der Waals surface area contributed by atoms with Gasteiger partial charge in [0.15, 0.2) is 0 Å². The van der Waals surface area contributed by atoms with E-state index in [1.807, 2.05) is 19.2 Å². The number of benzene rings is 1. The quantitative estimate of drug-likeness (QED) is 0.849. The molecule has 106 valence electrons. The first-order valence-electron chi connectivity index (χ1n) is 6.93. The summed E-state index contributed by atoms with van der Waals surface area (Å²) in [5, 5.41) is 3.45. The average molecular weight is 263 g/mol.